The maximum absolute atomic E-state index is 13.5. The molecule has 2 aliphatic heterocycles. The van der Waals surface area contributed by atoms with Gasteiger partial charge < -0.3 is 20.3 Å². The highest BCUT2D eigenvalue weighted by atomic mass is 16.5. The van der Waals surface area contributed by atoms with Crippen LogP contribution in [0.4, 0.5) is 11.4 Å². The molecule has 4 aliphatic rings. The minimum absolute atomic E-state index is 0.0735. The second-order valence-electron chi connectivity index (χ2n) is 11.2. The van der Waals surface area contributed by atoms with Gasteiger partial charge in [0, 0.05) is 24.3 Å². The van der Waals surface area contributed by atoms with Gasteiger partial charge in [0.1, 0.15) is 0 Å². The van der Waals surface area contributed by atoms with Crippen LogP contribution >= 0.6 is 0 Å². The number of benzene rings is 3. The van der Waals surface area contributed by atoms with Gasteiger partial charge in [0.15, 0.2) is 0 Å². The molecular formula is C32H33N3O3. The van der Waals surface area contributed by atoms with Gasteiger partial charge in [0.25, 0.3) is 11.8 Å². The lowest BCUT2D eigenvalue weighted by Crippen LogP contribution is -2.41. The monoisotopic (exact) mass is 507 g/mol. The van der Waals surface area contributed by atoms with Crippen LogP contribution in [0, 0.1) is 17.8 Å². The summed E-state index contributed by atoms with van der Waals surface area (Å²) in [6, 6.07) is 24.5. The molecule has 3 aromatic carbocycles. The fraction of sp³-hybridized carbons (Fsp3) is 0.375. The van der Waals surface area contributed by atoms with E-state index in [9.17, 15) is 9.59 Å². The lowest BCUT2D eigenvalue weighted by Gasteiger charge is -2.43. The third-order valence-corrected chi connectivity index (χ3v) is 9.21. The lowest BCUT2D eigenvalue weighted by molar-refractivity contribution is 0.0303. The van der Waals surface area contributed by atoms with Crippen molar-refractivity contribution in [2.24, 2.45) is 17.8 Å². The van der Waals surface area contributed by atoms with Crippen LogP contribution in [0.1, 0.15) is 63.1 Å². The van der Waals surface area contributed by atoms with Crippen LogP contribution in [-0.4, -0.2) is 43.0 Å². The minimum atomic E-state index is -0.181. The Labute approximate surface area is 223 Å². The first-order valence-electron chi connectivity index (χ1n) is 13.9. The molecule has 38 heavy (non-hydrogen) atoms. The molecule has 2 N–H and O–H groups in total. The first-order chi connectivity index (χ1) is 18.7. The van der Waals surface area contributed by atoms with E-state index in [0.717, 1.165) is 11.6 Å². The van der Waals surface area contributed by atoms with E-state index in [1.54, 1.807) is 11.0 Å². The molecule has 3 aromatic rings. The van der Waals surface area contributed by atoms with Crippen LogP contribution in [0.2, 0.25) is 0 Å². The molecular weight excluding hydrogens is 474 g/mol. The number of anilines is 2. The predicted octanol–water partition coefficient (Wildman–Crippen LogP) is 5.71. The third-order valence-electron chi connectivity index (χ3n) is 9.21. The highest BCUT2D eigenvalue weighted by molar-refractivity contribution is 6.09. The summed E-state index contributed by atoms with van der Waals surface area (Å²) in [5.41, 5.74) is 5.47. The Hall–Kier alpha value is -3.64. The van der Waals surface area contributed by atoms with E-state index in [2.05, 4.69) is 53.1 Å². The number of carbonyl (C=O) groups is 2. The molecule has 2 amide bonds. The van der Waals surface area contributed by atoms with Crippen molar-refractivity contribution in [3.05, 3.63) is 95.1 Å². The van der Waals surface area contributed by atoms with E-state index < -0.39 is 0 Å². The van der Waals surface area contributed by atoms with Crippen LogP contribution < -0.4 is 10.6 Å². The van der Waals surface area contributed by atoms with Gasteiger partial charge in [-0.3, -0.25) is 9.59 Å². The number of para-hydroxylation sites is 1. The Morgan fingerprint density at radius 1 is 0.895 bits per heavy atom. The topological polar surface area (TPSA) is 70.7 Å². The summed E-state index contributed by atoms with van der Waals surface area (Å²) in [6.45, 7) is 2.21. The Morgan fingerprint density at radius 3 is 2.50 bits per heavy atom. The molecule has 2 bridgehead atoms. The fourth-order valence-corrected chi connectivity index (χ4v) is 7.53. The van der Waals surface area contributed by atoms with Gasteiger partial charge in [-0.05, 0) is 84.4 Å². The van der Waals surface area contributed by atoms with E-state index in [-0.39, 0.29) is 11.8 Å². The normalized spacial score (nSPS) is 27.3. The van der Waals surface area contributed by atoms with Crippen LogP contribution in [0.5, 0.6) is 0 Å². The summed E-state index contributed by atoms with van der Waals surface area (Å²) >= 11 is 0. The number of nitrogens with zero attached hydrogens (tertiary/aromatic N) is 1. The van der Waals surface area contributed by atoms with Crippen molar-refractivity contribution in [3.63, 3.8) is 0 Å². The van der Waals surface area contributed by atoms with Crippen molar-refractivity contribution in [3.8, 4) is 0 Å². The lowest BCUT2D eigenvalue weighted by atomic mass is 9.68. The van der Waals surface area contributed by atoms with Crippen molar-refractivity contribution in [2.45, 2.75) is 31.2 Å². The largest absolute Gasteiger partial charge is 0.378 e. The van der Waals surface area contributed by atoms with Crippen LogP contribution in [-0.2, 0) is 4.74 Å². The molecule has 6 nitrogen and oxygen atoms in total. The first kappa shape index (κ1) is 23.5. The zero-order chi connectivity index (χ0) is 25.6. The van der Waals surface area contributed by atoms with E-state index in [0.29, 0.717) is 66.9 Å². The van der Waals surface area contributed by atoms with Crippen molar-refractivity contribution in [1.29, 1.82) is 0 Å². The molecule has 6 heteroatoms. The number of ether oxygens (including phenoxy) is 1. The van der Waals surface area contributed by atoms with Crippen molar-refractivity contribution < 1.29 is 14.3 Å². The fourth-order valence-electron chi connectivity index (χ4n) is 7.53. The first-order valence-corrected chi connectivity index (χ1v) is 13.9. The van der Waals surface area contributed by atoms with Crippen molar-refractivity contribution in [1.82, 2.24) is 4.90 Å². The van der Waals surface area contributed by atoms with Gasteiger partial charge in [0.05, 0.1) is 30.5 Å². The number of carbonyl (C=O) groups excluding carboxylic acids is 2. The summed E-state index contributed by atoms with van der Waals surface area (Å²) in [5.74, 6) is 2.18. The summed E-state index contributed by atoms with van der Waals surface area (Å²) < 4.78 is 5.39. The van der Waals surface area contributed by atoms with E-state index in [4.69, 9.17) is 4.74 Å². The second kappa shape index (κ2) is 9.59. The molecule has 0 spiro atoms. The third kappa shape index (κ3) is 3.99. The molecule has 2 heterocycles. The standard InChI is InChI=1S/C32H33N3O3/c36-31(34-26-9-5-4-8-24(26)32(37)35-14-16-38-17-15-35)23-12-13-27-25(19-23)28-21-10-11-22(18-21)29(28)30(33-27)20-6-2-1-3-7-20/h1-9,12-13,19,21-22,28-30,33H,10-11,14-18H2,(H,34,36)/t21-,22-,28-,29+,30-/m0/s1. The molecule has 1 saturated heterocycles. The predicted molar refractivity (Wildman–Crippen MR) is 147 cm³/mol. The van der Waals surface area contributed by atoms with Gasteiger partial charge in [-0.1, -0.05) is 42.5 Å². The summed E-state index contributed by atoms with van der Waals surface area (Å²) in [5, 5.41) is 6.90. The summed E-state index contributed by atoms with van der Waals surface area (Å²) in [4.78, 5) is 28.5. The van der Waals surface area contributed by atoms with Gasteiger partial charge in [0.2, 0.25) is 0 Å². The Morgan fingerprint density at radius 2 is 1.66 bits per heavy atom. The van der Waals surface area contributed by atoms with Crippen molar-refractivity contribution >= 4 is 23.2 Å². The maximum atomic E-state index is 13.5. The molecule has 0 aromatic heterocycles. The average molecular weight is 508 g/mol. The Kier molecular flexibility index (Phi) is 5.92. The van der Waals surface area contributed by atoms with Gasteiger partial charge >= 0.3 is 0 Å². The second-order valence-corrected chi connectivity index (χ2v) is 11.2. The van der Waals surface area contributed by atoms with E-state index in [1.807, 2.05) is 24.3 Å². The zero-order valence-corrected chi connectivity index (χ0v) is 21.4. The number of amides is 2. The average Bonchev–Trinajstić information content (AvgIpc) is 3.60. The van der Waals surface area contributed by atoms with E-state index in [1.165, 1.54) is 30.4 Å². The maximum Gasteiger partial charge on any atom is 0.256 e. The van der Waals surface area contributed by atoms with Gasteiger partial charge in [-0.2, -0.15) is 0 Å². The number of rotatable bonds is 4. The molecule has 7 rings (SSSR count). The molecule has 3 fully saturated rings. The van der Waals surface area contributed by atoms with Crippen LogP contribution in [0.25, 0.3) is 0 Å². The van der Waals surface area contributed by atoms with Gasteiger partial charge in [-0.15, -0.1) is 0 Å². The number of hydrogen-bond donors (Lipinski definition) is 2. The summed E-state index contributed by atoms with van der Waals surface area (Å²) in [7, 11) is 0. The number of nitrogens with one attached hydrogen (secondary N) is 2. The molecule has 5 atom stereocenters. The quantitative estimate of drug-likeness (QED) is 0.475. The SMILES string of the molecule is O=C(Nc1ccccc1C(=O)N1CCOCC1)c1ccc2c(c1)[C@@H]1[C@H]3CC[C@@H](C3)[C@H]1[C@H](c1ccccc1)N2. The molecule has 2 saturated carbocycles. The van der Waals surface area contributed by atoms with Crippen LogP contribution in [0.3, 0.4) is 0 Å². The zero-order valence-electron chi connectivity index (χ0n) is 21.4. The molecule has 0 radical (unpaired) electrons. The molecule has 0 unspecified atom stereocenters. The summed E-state index contributed by atoms with van der Waals surface area (Å²) in [6.07, 6.45) is 3.87. The number of hydrogen-bond acceptors (Lipinski definition) is 4. The highest BCUT2D eigenvalue weighted by Crippen LogP contribution is 2.63. The Balaban J connectivity index is 1.17. The molecule has 194 valence electrons. The minimum Gasteiger partial charge on any atom is -0.378 e. The smallest absolute Gasteiger partial charge is 0.256 e. The Bertz CT molecular complexity index is 1370. The van der Waals surface area contributed by atoms with Crippen molar-refractivity contribution in [2.75, 3.05) is 36.9 Å². The molecule has 2 aliphatic carbocycles. The van der Waals surface area contributed by atoms with Gasteiger partial charge in [-0.25, -0.2) is 0 Å². The number of morpholine rings is 1. The highest BCUT2D eigenvalue weighted by Gasteiger charge is 2.53. The van der Waals surface area contributed by atoms with Crippen LogP contribution in [0.15, 0.2) is 72.8 Å². The number of fused-ring (bicyclic) bond motifs is 7. The van der Waals surface area contributed by atoms with E-state index >= 15 is 0 Å².